The highest BCUT2D eigenvalue weighted by Crippen LogP contribution is 2.26. The molecule has 1 aromatic carbocycles. The molecule has 0 unspecified atom stereocenters. The molecular weight excluding hydrogens is 393 g/mol. The maximum absolute atomic E-state index is 13.6. The molecule has 2 aliphatic rings. The standard InChI is InChI=1S/C24H32FN5O/c1-17-27-21(15-23(26)28-17)14-18-8-11-29(12-9-18)24(31)22-7-2-3-10-30(22)16-19-5-4-6-20(25)13-19/h4-6,13,15,18,22H,2-3,7-12,14,16H2,1H3,(H2,26,27,28)/t22-/m0/s1. The summed E-state index contributed by atoms with van der Waals surface area (Å²) in [6, 6.07) is 8.47. The Morgan fingerprint density at radius 1 is 1.13 bits per heavy atom. The van der Waals surface area contributed by atoms with Crippen molar-refractivity contribution in [3.05, 3.63) is 53.2 Å². The first-order valence-corrected chi connectivity index (χ1v) is 11.4. The summed E-state index contributed by atoms with van der Waals surface area (Å²) >= 11 is 0. The van der Waals surface area contributed by atoms with E-state index in [1.54, 1.807) is 12.1 Å². The molecule has 2 aliphatic heterocycles. The molecule has 0 bridgehead atoms. The van der Waals surface area contributed by atoms with Gasteiger partial charge in [-0.15, -0.1) is 0 Å². The Labute approximate surface area is 183 Å². The van der Waals surface area contributed by atoms with Gasteiger partial charge in [0.1, 0.15) is 17.5 Å². The van der Waals surface area contributed by atoms with E-state index < -0.39 is 0 Å². The average Bonchev–Trinajstić information content (AvgIpc) is 2.73. The van der Waals surface area contributed by atoms with Crippen LogP contribution in [0.3, 0.4) is 0 Å². The molecule has 1 atom stereocenters. The van der Waals surface area contributed by atoms with Crippen molar-refractivity contribution in [1.29, 1.82) is 0 Å². The Hall–Kier alpha value is -2.54. The monoisotopic (exact) mass is 425 g/mol. The lowest BCUT2D eigenvalue weighted by Gasteiger charge is -2.40. The minimum Gasteiger partial charge on any atom is -0.384 e. The summed E-state index contributed by atoms with van der Waals surface area (Å²) in [5.41, 5.74) is 7.77. The molecule has 6 nitrogen and oxygen atoms in total. The number of amides is 1. The molecule has 2 fully saturated rings. The van der Waals surface area contributed by atoms with Crippen molar-refractivity contribution in [3.63, 3.8) is 0 Å². The number of hydrogen-bond acceptors (Lipinski definition) is 5. The van der Waals surface area contributed by atoms with Gasteiger partial charge in [-0.1, -0.05) is 18.6 Å². The second kappa shape index (κ2) is 9.73. The number of nitrogen functional groups attached to an aromatic ring is 1. The zero-order chi connectivity index (χ0) is 21.8. The number of hydrogen-bond donors (Lipinski definition) is 1. The van der Waals surface area contributed by atoms with Gasteiger partial charge in [-0.3, -0.25) is 9.69 Å². The topological polar surface area (TPSA) is 75.3 Å². The first-order chi connectivity index (χ1) is 15.0. The van der Waals surface area contributed by atoms with E-state index in [0.29, 0.717) is 24.1 Å². The zero-order valence-corrected chi connectivity index (χ0v) is 18.3. The zero-order valence-electron chi connectivity index (χ0n) is 18.3. The van der Waals surface area contributed by atoms with Gasteiger partial charge in [0.15, 0.2) is 0 Å². The van der Waals surface area contributed by atoms with Crippen LogP contribution < -0.4 is 5.73 Å². The van der Waals surface area contributed by atoms with Crippen molar-refractivity contribution >= 4 is 11.7 Å². The van der Waals surface area contributed by atoms with Crippen molar-refractivity contribution in [2.45, 2.75) is 58.0 Å². The number of piperidine rings is 2. The van der Waals surface area contributed by atoms with Crippen LogP contribution in [0.1, 0.15) is 49.2 Å². The Kier molecular flexibility index (Phi) is 6.80. The van der Waals surface area contributed by atoms with E-state index in [1.807, 2.05) is 24.0 Å². The number of nitrogens with zero attached hydrogens (tertiary/aromatic N) is 4. The van der Waals surface area contributed by atoms with Crippen LogP contribution in [0.15, 0.2) is 30.3 Å². The lowest BCUT2D eigenvalue weighted by molar-refractivity contribution is -0.140. The molecule has 1 amide bonds. The molecule has 31 heavy (non-hydrogen) atoms. The van der Waals surface area contributed by atoms with Gasteiger partial charge in [-0.25, -0.2) is 14.4 Å². The predicted octanol–water partition coefficient (Wildman–Crippen LogP) is 3.34. The van der Waals surface area contributed by atoms with Crippen LogP contribution in [-0.2, 0) is 17.8 Å². The molecule has 0 saturated carbocycles. The molecule has 2 saturated heterocycles. The molecular formula is C24H32FN5O. The van der Waals surface area contributed by atoms with Crippen LogP contribution >= 0.6 is 0 Å². The van der Waals surface area contributed by atoms with Crippen LogP contribution in [0.4, 0.5) is 10.2 Å². The predicted molar refractivity (Wildman–Crippen MR) is 119 cm³/mol. The fourth-order valence-corrected chi connectivity index (χ4v) is 4.95. The first kappa shape index (κ1) is 21.7. The molecule has 4 rings (SSSR count). The summed E-state index contributed by atoms with van der Waals surface area (Å²) in [6.07, 6.45) is 5.87. The number of aromatic nitrogens is 2. The van der Waals surface area contributed by atoms with E-state index in [4.69, 9.17) is 5.73 Å². The van der Waals surface area contributed by atoms with E-state index >= 15 is 0 Å². The molecule has 1 aromatic heterocycles. The Bertz CT molecular complexity index is 892. The Morgan fingerprint density at radius 2 is 1.94 bits per heavy atom. The molecule has 0 aliphatic carbocycles. The minimum absolute atomic E-state index is 0.0992. The lowest BCUT2D eigenvalue weighted by Crippen LogP contribution is -2.52. The first-order valence-electron chi connectivity index (χ1n) is 11.4. The van der Waals surface area contributed by atoms with E-state index in [9.17, 15) is 9.18 Å². The summed E-state index contributed by atoms with van der Waals surface area (Å²) < 4.78 is 13.6. The fourth-order valence-electron chi connectivity index (χ4n) is 4.95. The van der Waals surface area contributed by atoms with Crippen LogP contribution in [0.25, 0.3) is 0 Å². The normalized spacial score (nSPS) is 20.7. The summed E-state index contributed by atoms with van der Waals surface area (Å²) in [5.74, 6) is 1.74. The van der Waals surface area contributed by atoms with E-state index in [2.05, 4.69) is 14.9 Å². The maximum Gasteiger partial charge on any atom is 0.239 e. The van der Waals surface area contributed by atoms with Crippen molar-refractivity contribution in [3.8, 4) is 0 Å². The fraction of sp³-hybridized carbons (Fsp3) is 0.542. The van der Waals surface area contributed by atoms with E-state index in [0.717, 1.165) is 69.4 Å². The Morgan fingerprint density at radius 3 is 2.68 bits per heavy atom. The lowest BCUT2D eigenvalue weighted by atomic mass is 9.91. The largest absolute Gasteiger partial charge is 0.384 e. The second-order valence-electron chi connectivity index (χ2n) is 8.92. The average molecular weight is 426 g/mol. The van der Waals surface area contributed by atoms with E-state index in [-0.39, 0.29) is 17.8 Å². The molecule has 7 heteroatoms. The van der Waals surface area contributed by atoms with Gasteiger partial charge in [0.25, 0.3) is 0 Å². The number of nitrogens with two attached hydrogens (primary N) is 1. The highest BCUT2D eigenvalue weighted by atomic mass is 19.1. The molecule has 2 aromatic rings. The number of carbonyl (C=O) groups excluding carboxylic acids is 1. The van der Waals surface area contributed by atoms with Gasteiger partial charge in [-0.05, 0) is 69.2 Å². The van der Waals surface area contributed by atoms with Crippen LogP contribution in [0.5, 0.6) is 0 Å². The molecule has 0 radical (unpaired) electrons. The third kappa shape index (κ3) is 5.58. The van der Waals surface area contributed by atoms with Gasteiger partial charge >= 0.3 is 0 Å². The SMILES string of the molecule is Cc1nc(N)cc(CC2CCN(C(=O)[C@@H]3CCCCN3Cc3cccc(F)c3)CC2)n1. The summed E-state index contributed by atoms with van der Waals surface area (Å²) in [6.45, 7) is 4.94. The Balaban J connectivity index is 1.34. The summed E-state index contributed by atoms with van der Waals surface area (Å²) in [7, 11) is 0. The van der Waals surface area contributed by atoms with Crippen molar-refractivity contribution in [2.75, 3.05) is 25.4 Å². The number of halogens is 1. The third-order valence-corrected chi connectivity index (χ3v) is 6.51. The number of anilines is 1. The van der Waals surface area contributed by atoms with E-state index in [1.165, 1.54) is 6.07 Å². The van der Waals surface area contributed by atoms with Gasteiger partial charge in [0.2, 0.25) is 5.91 Å². The van der Waals surface area contributed by atoms with Gasteiger partial charge in [0, 0.05) is 31.4 Å². The third-order valence-electron chi connectivity index (χ3n) is 6.51. The highest BCUT2D eigenvalue weighted by molar-refractivity contribution is 5.82. The number of carbonyl (C=O) groups is 1. The second-order valence-corrected chi connectivity index (χ2v) is 8.92. The molecule has 3 heterocycles. The van der Waals surface area contributed by atoms with Crippen LogP contribution in [0.2, 0.25) is 0 Å². The van der Waals surface area contributed by atoms with Crippen molar-refractivity contribution in [1.82, 2.24) is 19.8 Å². The smallest absolute Gasteiger partial charge is 0.239 e. The quantitative estimate of drug-likeness (QED) is 0.795. The van der Waals surface area contributed by atoms with Gasteiger partial charge in [0.05, 0.1) is 6.04 Å². The number of aryl methyl sites for hydroxylation is 1. The highest BCUT2D eigenvalue weighted by Gasteiger charge is 2.33. The maximum atomic E-state index is 13.6. The van der Waals surface area contributed by atoms with Crippen molar-refractivity contribution < 1.29 is 9.18 Å². The summed E-state index contributed by atoms with van der Waals surface area (Å²) in [4.78, 5) is 26.3. The summed E-state index contributed by atoms with van der Waals surface area (Å²) in [5, 5.41) is 0. The number of benzene rings is 1. The molecule has 0 spiro atoms. The number of likely N-dealkylation sites (tertiary alicyclic amines) is 2. The van der Waals surface area contributed by atoms with Crippen LogP contribution in [0, 0.1) is 18.7 Å². The van der Waals surface area contributed by atoms with Gasteiger partial charge in [-0.2, -0.15) is 0 Å². The van der Waals surface area contributed by atoms with Crippen molar-refractivity contribution in [2.24, 2.45) is 5.92 Å². The minimum atomic E-state index is -0.222. The molecule has 2 N–H and O–H groups in total. The molecule has 166 valence electrons. The van der Waals surface area contributed by atoms with Crippen LogP contribution in [-0.4, -0.2) is 51.4 Å². The number of rotatable bonds is 5. The van der Waals surface area contributed by atoms with Gasteiger partial charge < -0.3 is 10.6 Å².